The first-order chi connectivity index (χ1) is 10.8. The van der Waals surface area contributed by atoms with E-state index in [-0.39, 0.29) is 12.5 Å². The van der Waals surface area contributed by atoms with E-state index < -0.39 is 11.7 Å². The number of alkyl carbamates (subject to hydrolysis) is 1. The van der Waals surface area contributed by atoms with Crippen LogP contribution in [0.4, 0.5) is 10.5 Å². The van der Waals surface area contributed by atoms with Crippen LogP contribution >= 0.6 is 0 Å². The molecule has 0 fully saturated rings. The number of rotatable bonds is 7. The lowest BCUT2D eigenvalue weighted by molar-refractivity contribution is -0.115. The average molecular weight is 322 g/mol. The van der Waals surface area contributed by atoms with Gasteiger partial charge in [-0.1, -0.05) is 13.3 Å². The third-order valence-corrected chi connectivity index (χ3v) is 2.70. The Labute approximate surface area is 137 Å². The molecule has 6 nitrogen and oxygen atoms in total. The summed E-state index contributed by atoms with van der Waals surface area (Å²) in [6, 6.07) is 7.11. The standard InChI is InChI=1S/C17H26N2O4/c1-5-6-11-22-14-9-7-13(8-10-14)19-15(20)12-18-16(21)23-17(2,3)4/h7-10H,5-6,11-12H2,1-4H3,(H,18,21)(H,19,20). The van der Waals surface area contributed by atoms with Gasteiger partial charge in [-0.2, -0.15) is 0 Å². The number of hydrogen-bond acceptors (Lipinski definition) is 4. The highest BCUT2D eigenvalue weighted by molar-refractivity contribution is 5.93. The number of benzene rings is 1. The molecule has 0 unspecified atom stereocenters. The van der Waals surface area contributed by atoms with Gasteiger partial charge in [0.15, 0.2) is 0 Å². The minimum Gasteiger partial charge on any atom is -0.494 e. The van der Waals surface area contributed by atoms with Gasteiger partial charge in [0.2, 0.25) is 5.91 Å². The van der Waals surface area contributed by atoms with Gasteiger partial charge in [0.1, 0.15) is 17.9 Å². The average Bonchev–Trinajstić information content (AvgIpc) is 2.45. The Balaban J connectivity index is 2.35. The Hall–Kier alpha value is -2.24. The van der Waals surface area contributed by atoms with E-state index in [4.69, 9.17) is 9.47 Å². The van der Waals surface area contributed by atoms with Gasteiger partial charge in [-0.3, -0.25) is 4.79 Å². The molecule has 0 saturated heterocycles. The summed E-state index contributed by atoms with van der Waals surface area (Å²) in [7, 11) is 0. The van der Waals surface area contributed by atoms with Crippen molar-refractivity contribution in [3.63, 3.8) is 0 Å². The van der Waals surface area contributed by atoms with E-state index in [1.807, 2.05) is 0 Å². The molecule has 2 N–H and O–H groups in total. The topological polar surface area (TPSA) is 76.7 Å². The number of carbonyl (C=O) groups is 2. The third kappa shape index (κ3) is 8.70. The summed E-state index contributed by atoms with van der Waals surface area (Å²) in [5.41, 5.74) is 0.0533. The zero-order chi connectivity index (χ0) is 17.3. The highest BCUT2D eigenvalue weighted by Gasteiger charge is 2.16. The Bertz CT molecular complexity index is 506. The fraction of sp³-hybridized carbons (Fsp3) is 0.529. The van der Waals surface area contributed by atoms with Crippen molar-refractivity contribution in [2.75, 3.05) is 18.5 Å². The Morgan fingerprint density at radius 1 is 1.13 bits per heavy atom. The Morgan fingerprint density at radius 2 is 1.78 bits per heavy atom. The summed E-state index contributed by atoms with van der Waals surface area (Å²) >= 11 is 0. The largest absolute Gasteiger partial charge is 0.494 e. The fourth-order valence-corrected chi connectivity index (χ4v) is 1.64. The summed E-state index contributed by atoms with van der Waals surface area (Å²) in [4.78, 5) is 23.2. The molecule has 0 saturated carbocycles. The van der Waals surface area contributed by atoms with E-state index >= 15 is 0 Å². The van der Waals surface area contributed by atoms with Crippen LogP contribution in [0.5, 0.6) is 5.75 Å². The Kier molecular flexibility index (Phi) is 7.38. The molecule has 2 amide bonds. The van der Waals surface area contributed by atoms with Crippen molar-refractivity contribution >= 4 is 17.7 Å². The number of ether oxygens (including phenoxy) is 2. The van der Waals surface area contributed by atoms with E-state index in [0.717, 1.165) is 18.6 Å². The van der Waals surface area contributed by atoms with Crippen molar-refractivity contribution in [2.24, 2.45) is 0 Å². The minimum atomic E-state index is -0.618. The molecule has 0 heterocycles. The summed E-state index contributed by atoms with van der Waals surface area (Å²) in [5.74, 6) is 0.443. The second kappa shape index (κ2) is 9.02. The van der Waals surface area contributed by atoms with Crippen molar-refractivity contribution in [1.29, 1.82) is 0 Å². The molecule has 1 aromatic carbocycles. The van der Waals surface area contributed by atoms with Crippen LogP contribution < -0.4 is 15.4 Å². The second-order valence-corrected chi connectivity index (χ2v) is 6.13. The quantitative estimate of drug-likeness (QED) is 0.755. The van der Waals surface area contributed by atoms with E-state index in [9.17, 15) is 9.59 Å². The zero-order valence-electron chi connectivity index (χ0n) is 14.3. The predicted octanol–water partition coefficient (Wildman–Crippen LogP) is 3.33. The highest BCUT2D eigenvalue weighted by Crippen LogP contribution is 2.16. The summed E-state index contributed by atoms with van der Waals surface area (Å²) in [5, 5.41) is 5.10. The number of nitrogens with one attached hydrogen (secondary N) is 2. The lowest BCUT2D eigenvalue weighted by atomic mass is 10.2. The number of amides is 2. The molecule has 0 spiro atoms. The summed E-state index contributed by atoms with van der Waals surface area (Å²) in [6.45, 7) is 7.92. The minimum absolute atomic E-state index is 0.149. The van der Waals surface area contributed by atoms with Gasteiger partial charge in [-0.25, -0.2) is 4.79 Å². The normalized spacial score (nSPS) is 10.8. The maximum Gasteiger partial charge on any atom is 0.408 e. The lowest BCUT2D eigenvalue weighted by Crippen LogP contribution is -2.37. The van der Waals surface area contributed by atoms with Crippen molar-refractivity contribution in [2.45, 2.75) is 46.1 Å². The fourth-order valence-electron chi connectivity index (χ4n) is 1.64. The van der Waals surface area contributed by atoms with Crippen LogP contribution in [0.1, 0.15) is 40.5 Å². The van der Waals surface area contributed by atoms with E-state index in [0.29, 0.717) is 12.3 Å². The molecule has 128 valence electrons. The van der Waals surface area contributed by atoms with E-state index in [1.54, 1.807) is 45.0 Å². The maximum atomic E-state index is 11.8. The third-order valence-electron chi connectivity index (χ3n) is 2.70. The van der Waals surface area contributed by atoms with Crippen molar-refractivity contribution < 1.29 is 19.1 Å². The van der Waals surface area contributed by atoms with Gasteiger partial charge in [0.25, 0.3) is 0 Å². The van der Waals surface area contributed by atoms with Crippen LogP contribution in [0.3, 0.4) is 0 Å². The molecular formula is C17H26N2O4. The number of carbonyl (C=O) groups excluding carboxylic acids is 2. The molecule has 0 atom stereocenters. The second-order valence-electron chi connectivity index (χ2n) is 6.13. The van der Waals surface area contributed by atoms with E-state index in [1.165, 1.54) is 0 Å². The van der Waals surface area contributed by atoms with Gasteiger partial charge in [0.05, 0.1) is 6.61 Å². The molecule has 0 aliphatic carbocycles. The molecule has 6 heteroatoms. The monoisotopic (exact) mass is 322 g/mol. The van der Waals surface area contributed by atoms with Crippen LogP contribution in [-0.2, 0) is 9.53 Å². The molecule has 1 aromatic rings. The van der Waals surface area contributed by atoms with Crippen LogP contribution in [0.2, 0.25) is 0 Å². The molecule has 23 heavy (non-hydrogen) atoms. The molecule has 1 rings (SSSR count). The van der Waals surface area contributed by atoms with Crippen LogP contribution in [0.15, 0.2) is 24.3 Å². The molecular weight excluding hydrogens is 296 g/mol. The molecule has 0 aliphatic rings. The summed E-state index contributed by atoms with van der Waals surface area (Å²) < 4.78 is 10.6. The van der Waals surface area contributed by atoms with Crippen molar-refractivity contribution in [3.05, 3.63) is 24.3 Å². The van der Waals surface area contributed by atoms with Gasteiger partial charge < -0.3 is 20.1 Å². The van der Waals surface area contributed by atoms with Crippen LogP contribution in [0.25, 0.3) is 0 Å². The van der Waals surface area contributed by atoms with Crippen molar-refractivity contribution in [1.82, 2.24) is 5.32 Å². The first kappa shape index (κ1) is 18.8. The zero-order valence-corrected chi connectivity index (χ0v) is 14.3. The molecule has 0 aromatic heterocycles. The van der Waals surface area contributed by atoms with Crippen LogP contribution in [0, 0.1) is 0 Å². The van der Waals surface area contributed by atoms with Gasteiger partial charge in [0, 0.05) is 5.69 Å². The van der Waals surface area contributed by atoms with Gasteiger partial charge in [-0.05, 0) is 51.5 Å². The molecule has 0 aliphatic heterocycles. The first-order valence-corrected chi connectivity index (χ1v) is 7.79. The van der Waals surface area contributed by atoms with Crippen LogP contribution in [-0.4, -0.2) is 30.8 Å². The molecule has 0 bridgehead atoms. The Morgan fingerprint density at radius 3 is 2.35 bits per heavy atom. The smallest absolute Gasteiger partial charge is 0.408 e. The maximum absolute atomic E-state index is 11.8. The lowest BCUT2D eigenvalue weighted by Gasteiger charge is -2.19. The summed E-state index contributed by atoms with van der Waals surface area (Å²) in [6.07, 6.45) is 1.47. The van der Waals surface area contributed by atoms with E-state index in [2.05, 4.69) is 17.6 Å². The number of anilines is 1. The number of hydrogen-bond donors (Lipinski definition) is 2. The van der Waals surface area contributed by atoms with Gasteiger partial charge in [-0.15, -0.1) is 0 Å². The first-order valence-electron chi connectivity index (χ1n) is 7.79. The predicted molar refractivity (Wildman–Crippen MR) is 89.7 cm³/mol. The van der Waals surface area contributed by atoms with Gasteiger partial charge >= 0.3 is 6.09 Å². The van der Waals surface area contributed by atoms with Crippen molar-refractivity contribution in [3.8, 4) is 5.75 Å². The number of unbranched alkanes of at least 4 members (excludes halogenated alkanes) is 1. The SMILES string of the molecule is CCCCOc1ccc(NC(=O)CNC(=O)OC(C)(C)C)cc1. The molecule has 0 radical (unpaired) electrons. The highest BCUT2D eigenvalue weighted by atomic mass is 16.6.